The lowest BCUT2D eigenvalue weighted by Gasteiger charge is -2.49. The van der Waals surface area contributed by atoms with E-state index < -0.39 is 11.1 Å². The number of fused-ring (bicyclic) bond motifs is 1. The summed E-state index contributed by atoms with van der Waals surface area (Å²) in [5.74, 6) is 0. The van der Waals surface area contributed by atoms with Gasteiger partial charge in [-0.05, 0) is 55.5 Å². The minimum Gasteiger partial charge on any atom is -0.390 e. The van der Waals surface area contributed by atoms with E-state index in [1.807, 2.05) is 61.9 Å². The van der Waals surface area contributed by atoms with Crippen LogP contribution in [0.1, 0.15) is 32.3 Å². The van der Waals surface area contributed by atoms with E-state index in [0.717, 1.165) is 27.9 Å². The highest BCUT2D eigenvalue weighted by Gasteiger charge is 2.49. The number of benzene rings is 1. The molecule has 3 N–H and O–H groups in total. The third kappa shape index (κ3) is 3.08. The summed E-state index contributed by atoms with van der Waals surface area (Å²) in [6.07, 6.45) is 6.15. The number of nitrogens with zero attached hydrogens (tertiary/aromatic N) is 4. The fraction of sp³-hybridized carbons (Fsp3) is 0.320. The minimum absolute atomic E-state index is 0.0552. The Bertz CT molecular complexity index is 1360. The van der Waals surface area contributed by atoms with E-state index in [4.69, 9.17) is 5.73 Å². The predicted octanol–water partition coefficient (Wildman–Crippen LogP) is 3.18. The Balaban J connectivity index is 1.72. The quantitative estimate of drug-likeness (QED) is 0.519. The summed E-state index contributed by atoms with van der Waals surface area (Å²) in [5, 5.41) is 10.8. The van der Waals surface area contributed by atoms with Crippen molar-refractivity contribution in [2.24, 2.45) is 12.8 Å². The molecule has 1 aliphatic carbocycles. The number of nitrogens with two attached hydrogens (primary N) is 1. The smallest absolute Gasteiger partial charge is 0.263 e. The summed E-state index contributed by atoms with van der Waals surface area (Å²) in [6.45, 7) is 4.31. The van der Waals surface area contributed by atoms with E-state index in [1.54, 1.807) is 23.3 Å². The van der Waals surface area contributed by atoms with Gasteiger partial charge in [0.15, 0.2) is 0 Å². The van der Waals surface area contributed by atoms with E-state index in [0.29, 0.717) is 30.4 Å². The van der Waals surface area contributed by atoms with Gasteiger partial charge >= 0.3 is 0 Å². The molecule has 7 heteroatoms. The van der Waals surface area contributed by atoms with E-state index in [1.165, 1.54) is 0 Å². The lowest BCUT2D eigenvalue weighted by molar-refractivity contribution is -0.0738. The Kier molecular flexibility index (Phi) is 4.58. The molecule has 1 saturated carbocycles. The number of aryl methyl sites for hydroxylation is 2. The van der Waals surface area contributed by atoms with Crippen LogP contribution < -0.4 is 11.3 Å². The molecule has 4 aromatic rings. The molecule has 0 radical (unpaired) electrons. The molecule has 0 atom stereocenters. The second kappa shape index (κ2) is 7.12. The first-order valence-electron chi connectivity index (χ1n) is 10.8. The standard InChI is InChI=1S/C25H27N5O2/c1-4-30-15-28-22-20(23(30)31)19(16-9-11-27-12-10-16)21(29(22)3)17-5-7-18(8-6-17)25(26)13-24(2,32)14-25/h5-12,15,32H,4,13-14,26H2,1-3H3/t24-,25-. The van der Waals surface area contributed by atoms with Crippen LogP contribution in [0, 0.1) is 0 Å². The normalized spacial score (nSPS) is 22.8. The van der Waals surface area contributed by atoms with Crippen LogP contribution in [-0.2, 0) is 19.1 Å². The van der Waals surface area contributed by atoms with Gasteiger partial charge in [0.1, 0.15) is 5.65 Å². The molecule has 0 unspecified atom stereocenters. The highest BCUT2D eigenvalue weighted by molar-refractivity contribution is 6.02. The van der Waals surface area contributed by atoms with Gasteiger partial charge in [-0.2, -0.15) is 0 Å². The Labute approximate surface area is 186 Å². The van der Waals surface area contributed by atoms with Crippen LogP contribution in [0.3, 0.4) is 0 Å². The second-order valence-corrected chi connectivity index (χ2v) is 9.14. The monoisotopic (exact) mass is 429 g/mol. The molecule has 5 rings (SSSR count). The molecule has 0 saturated heterocycles. The summed E-state index contributed by atoms with van der Waals surface area (Å²) in [7, 11) is 1.94. The van der Waals surface area contributed by atoms with Gasteiger partial charge in [-0.3, -0.25) is 14.3 Å². The maximum atomic E-state index is 13.3. The first kappa shape index (κ1) is 20.6. The van der Waals surface area contributed by atoms with Crippen molar-refractivity contribution in [3.8, 4) is 22.4 Å². The van der Waals surface area contributed by atoms with Gasteiger partial charge in [-0.15, -0.1) is 0 Å². The summed E-state index contributed by atoms with van der Waals surface area (Å²) >= 11 is 0. The zero-order valence-corrected chi connectivity index (χ0v) is 18.5. The van der Waals surface area contributed by atoms with E-state index in [-0.39, 0.29) is 5.56 Å². The zero-order valence-electron chi connectivity index (χ0n) is 18.5. The molecular formula is C25H27N5O2. The number of hydrogen-bond donors (Lipinski definition) is 2. The zero-order chi connectivity index (χ0) is 22.7. The molecule has 164 valence electrons. The average Bonchev–Trinajstić information content (AvgIpc) is 3.06. The van der Waals surface area contributed by atoms with E-state index >= 15 is 0 Å². The van der Waals surface area contributed by atoms with Crippen molar-refractivity contribution in [1.82, 2.24) is 19.1 Å². The first-order valence-corrected chi connectivity index (χ1v) is 10.8. The highest BCUT2D eigenvalue weighted by atomic mass is 16.3. The Hall–Kier alpha value is -3.29. The highest BCUT2D eigenvalue weighted by Crippen LogP contribution is 2.46. The molecule has 0 spiro atoms. The van der Waals surface area contributed by atoms with Gasteiger partial charge in [0.2, 0.25) is 0 Å². The topological polar surface area (TPSA) is 99.0 Å². The van der Waals surface area contributed by atoms with Gasteiger partial charge < -0.3 is 15.4 Å². The number of hydrogen-bond acceptors (Lipinski definition) is 5. The van der Waals surface area contributed by atoms with Crippen molar-refractivity contribution in [2.45, 2.75) is 44.4 Å². The molecule has 1 aliphatic rings. The maximum absolute atomic E-state index is 13.3. The third-order valence-corrected chi connectivity index (χ3v) is 6.59. The molecule has 1 aromatic carbocycles. The van der Waals surface area contributed by atoms with Crippen molar-refractivity contribution in [2.75, 3.05) is 0 Å². The summed E-state index contributed by atoms with van der Waals surface area (Å²) < 4.78 is 3.61. The van der Waals surface area contributed by atoms with E-state index in [9.17, 15) is 9.90 Å². The van der Waals surface area contributed by atoms with Crippen LogP contribution in [0.15, 0.2) is 59.9 Å². The summed E-state index contributed by atoms with van der Waals surface area (Å²) in [6, 6.07) is 12.0. The van der Waals surface area contributed by atoms with Crippen LogP contribution >= 0.6 is 0 Å². The molecule has 3 aromatic heterocycles. The number of pyridine rings is 1. The van der Waals surface area contributed by atoms with Gasteiger partial charge in [0.25, 0.3) is 5.56 Å². The van der Waals surface area contributed by atoms with Crippen molar-refractivity contribution in [3.63, 3.8) is 0 Å². The molecule has 0 bridgehead atoms. The van der Waals surface area contributed by atoms with Crippen LogP contribution in [0.5, 0.6) is 0 Å². The van der Waals surface area contributed by atoms with Crippen LogP contribution in [0.2, 0.25) is 0 Å². The van der Waals surface area contributed by atoms with Gasteiger partial charge in [0, 0.05) is 37.1 Å². The van der Waals surface area contributed by atoms with Crippen LogP contribution in [0.25, 0.3) is 33.4 Å². The number of aliphatic hydroxyl groups is 1. The fourth-order valence-corrected chi connectivity index (χ4v) is 5.18. The lowest BCUT2D eigenvalue weighted by atomic mass is 9.63. The largest absolute Gasteiger partial charge is 0.390 e. The SMILES string of the molecule is CCn1cnc2c(c(-c3ccncc3)c(-c3ccc([C@]4(N)C[C@](C)(O)C4)cc3)n2C)c1=O. The fourth-order valence-electron chi connectivity index (χ4n) is 5.18. The summed E-state index contributed by atoms with van der Waals surface area (Å²) in [4.78, 5) is 22.0. The molecule has 0 aliphatic heterocycles. The van der Waals surface area contributed by atoms with Crippen molar-refractivity contribution in [3.05, 3.63) is 71.0 Å². The average molecular weight is 430 g/mol. The Morgan fingerprint density at radius 1 is 1.09 bits per heavy atom. The second-order valence-electron chi connectivity index (χ2n) is 9.14. The van der Waals surface area contributed by atoms with Gasteiger partial charge in [-0.1, -0.05) is 24.3 Å². The predicted molar refractivity (Wildman–Crippen MR) is 125 cm³/mol. The molecule has 7 nitrogen and oxygen atoms in total. The molecule has 1 fully saturated rings. The first-order chi connectivity index (χ1) is 15.2. The molecule has 32 heavy (non-hydrogen) atoms. The van der Waals surface area contributed by atoms with Crippen molar-refractivity contribution >= 4 is 11.0 Å². The number of rotatable bonds is 4. The lowest BCUT2D eigenvalue weighted by Crippen LogP contribution is -2.58. The molecular weight excluding hydrogens is 402 g/mol. The minimum atomic E-state index is -0.706. The molecule has 0 amide bonds. The summed E-state index contributed by atoms with van der Waals surface area (Å²) in [5.41, 5.74) is 10.6. The van der Waals surface area contributed by atoms with E-state index in [2.05, 4.69) is 9.97 Å². The number of aromatic nitrogens is 4. The maximum Gasteiger partial charge on any atom is 0.263 e. The van der Waals surface area contributed by atoms with Gasteiger partial charge in [-0.25, -0.2) is 4.98 Å². The van der Waals surface area contributed by atoms with Gasteiger partial charge in [0.05, 0.1) is 23.0 Å². The van der Waals surface area contributed by atoms with Crippen molar-refractivity contribution in [1.29, 1.82) is 0 Å². The molecule has 3 heterocycles. The third-order valence-electron chi connectivity index (χ3n) is 6.59. The Morgan fingerprint density at radius 2 is 1.75 bits per heavy atom. The van der Waals surface area contributed by atoms with Crippen LogP contribution in [-0.4, -0.2) is 29.8 Å². The van der Waals surface area contributed by atoms with Crippen molar-refractivity contribution < 1.29 is 5.11 Å². The Morgan fingerprint density at radius 3 is 2.34 bits per heavy atom. The van der Waals surface area contributed by atoms with Crippen LogP contribution in [0.4, 0.5) is 0 Å².